The summed E-state index contributed by atoms with van der Waals surface area (Å²) in [6, 6.07) is 6.05. The molecule has 29 heavy (non-hydrogen) atoms. The molecule has 2 aliphatic rings. The summed E-state index contributed by atoms with van der Waals surface area (Å²) in [5, 5.41) is 17.4. The Bertz CT molecular complexity index is 993. The first kappa shape index (κ1) is 20.3. The average molecular weight is 435 g/mol. The maximum Gasteiger partial charge on any atom is 0.226 e. The van der Waals surface area contributed by atoms with Crippen molar-refractivity contribution in [2.75, 3.05) is 0 Å². The molecule has 3 heterocycles. The molecule has 3 aromatic rings. The van der Waals surface area contributed by atoms with E-state index in [1.54, 1.807) is 0 Å². The molecule has 7 nitrogen and oxygen atoms in total. The Morgan fingerprint density at radius 3 is 2.69 bits per heavy atom. The Hall–Kier alpha value is -1.96. The number of halogens is 2. The van der Waals surface area contributed by atoms with Crippen molar-refractivity contribution in [1.29, 1.82) is 0 Å². The lowest BCUT2D eigenvalue weighted by molar-refractivity contribution is 0.344. The van der Waals surface area contributed by atoms with Crippen LogP contribution in [0.5, 0.6) is 0 Å². The quantitative estimate of drug-likeness (QED) is 0.660. The van der Waals surface area contributed by atoms with Gasteiger partial charge in [0.15, 0.2) is 11.6 Å². The lowest BCUT2D eigenvalue weighted by Gasteiger charge is -2.26. The van der Waals surface area contributed by atoms with Gasteiger partial charge in [-0.15, -0.1) is 22.6 Å². The van der Waals surface area contributed by atoms with Gasteiger partial charge >= 0.3 is 0 Å². The van der Waals surface area contributed by atoms with E-state index in [1.165, 1.54) is 5.56 Å². The summed E-state index contributed by atoms with van der Waals surface area (Å²) in [6.07, 6.45) is 4.97. The fraction of sp³-hybridized carbons (Fsp3) is 0.500. The Morgan fingerprint density at radius 2 is 1.93 bits per heavy atom. The van der Waals surface area contributed by atoms with Crippen LogP contribution in [0.4, 0.5) is 0 Å². The van der Waals surface area contributed by atoms with Crippen LogP contribution < -0.4 is 5.32 Å². The summed E-state index contributed by atoms with van der Waals surface area (Å²) >= 11 is 6.22. The summed E-state index contributed by atoms with van der Waals surface area (Å²) in [7, 11) is 0. The Morgan fingerprint density at radius 1 is 1.14 bits per heavy atom. The molecule has 1 N–H and O–H groups in total. The molecule has 0 spiro atoms. The average Bonchev–Trinajstić information content (AvgIpc) is 3.32. The van der Waals surface area contributed by atoms with Crippen molar-refractivity contribution in [2.24, 2.45) is 0 Å². The molecule has 1 aliphatic heterocycles. The summed E-state index contributed by atoms with van der Waals surface area (Å²) < 4.78 is 7.53. The molecule has 154 valence electrons. The van der Waals surface area contributed by atoms with Crippen molar-refractivity contribution in [3.63, 3.8) is 0 Å². The molecule has 0 unspecified atom stereocenters. The molecule has 0 bridgehead atoms. The van der Waals surface area contributed by atoms with E-state index >= 15 is 0 Å². The topological polar surface area (TPSA) is 81.7 Å². The summed E-state index contributed by atoms with van der Waals surface area (Å²) in [4.78, 5) is 4.53. The monoisotopic (exact) mass is 434 g/mol. The number of aromatic nitrogens is 5. The Kier molecular flexibility index (Phi) is 5.90. The first-order valence-corrected chi connectivity index (χ1v) is 10.4. The molecular formula is C20H24Cl2N6O. The summed E-state index contributed by atoms with van der Waals surface area (Å²) in [5.41, 5.74) is 2.32. The fourth-order valence-electron chi connectivity index (χ4n) is 4.38. The minimum absolute atomic E-state index is 0. The molecule has 2 aromatic heterocycles. The molecule has 1 fully saturated rings. The van der Waals surface area contributed by atoms with Crippen molar-refractivity contribution in [2.45, 2.75) is 64.0 Å². The van der Waals surface area contributed by atoms with E-state index in [0.717, 1.165) is 72.7 Å². The van der Waals surface area contributed by atoms with Crippen molar-refractivity contribution >= 4 is 24.0 Å². The smallest absolute Gasteiger partial charge is 0.226 e. The van der Waals surface area contributed by atoms with Crippen molar-refractivity contribution in [3.8, 4) is 5.69 Å². The van der Waals surface area contributed by atoms with Crippen LogP contribution in [0, 0.1) is 0 Å². The molecule has 9 heteroatoms. The van der Waals surface area contributed by atoms with Crippen LogP contribution in [0.2, 0.25) is 5.02 Å². The Balaban J connectivity index is 0.00000205. The van der Waals surface area contributed by atoms with Crippen LogP contribution in [0.1, 0.15) is 73.4 Å². The second-order valence-electron chi connectivity index (χ2n) is 7.63. The van der Waals surface area contributed by atoms with Gasteiger partial charge in [-0.1, -0.05) is 23.7 Å². The zero-order valence-corrected chi connectivity index (χ0v) is 17.8. The van der Waals surface area contributed by atoms with Gasteiger partial charge in [-0.25, -0.2) is 0 Å². The molecule has 1 aliphatic carbocycles. The van der Waals surface area contributed by atoms with E-state index in [4.69, 9.17) is 16.1 Å². The van der Waals surface area contributed by atoms with Gasteiger partial charge in [0.25, 0.3) is 0 Å². The first-order valence-electron chi connectivity index (χ1n) is 9.99. The predicted molar refractivity (Wildman–Crippen MR) is 112 cm³/mol. The van der Waals surface area contributed by atoms with Crippen LogP contribution in [0.25, 0.3) is 5.69 Å². The lowest BCUT2D eigenvalue weighted by atomic mass is 9.81. The normalized spacial score (nSPS) is 21.0. The van der Waals surface area contributed by atoms with E-state index in [9.17, 15) is 0 Å². The molecule has 0 radical (unpaired) electrons. The van der Waals surface area contributed by atoms with Crippen LogP contribution in [0.3, 0.4) is 0 Å². The molecule has 1 aromatic carbocycles. The molecule has 1 saturated carbocycles. The number of hydrogen-bond acceptors (Lipinski definition) is 6. The highest BCUT2D eigenvalue weighted by Crippen LogP contribution is 2.40. The maximum absolute atomic E-state index is 6.22. The van der Waals surface area contributed by atoms with E-state index in [0.29, 0.717) is 18.4 Å². The minimum atomic E-state index is 0. The van der Waals surface area contributed by atoms with E-state index in [1.807, 2.05) is 19.1 Å². The van der Waals surface area contributed by atoms with Crippen LogP contribution in [-0.4, -0.2) is 24.9 Å². The maximum atomic E-state index is 6.22. The predicted octanol–water partition coefficient (Wildman–Crippen LogP) is 4.33. The number of rotatable bonds is 3. The second-order valence-corrected chi connectivity index (χ2v) is 8.07. The van der Waals surface area contributed by atoms with Gasteiger partial charge < -0.3 is 9.84 Å². The molecule has 0 amide bonds. The van der Waals surface area contributed by atoms with Gasteiger partial charge in [-0.05, 0) is 49.4 Å². The standard InChI is InChI=1S/C20H23ClN6O.ClH/c1-2-18-23-19(26-28-18)12-3-5-13(6-4-12)20-25-24-17-11-22-10-14-9-15(21)7-8-16(14)27(17)20;/h7-9,12-13,22H,2-6,10-11H2,1H3;1H/t12-,13-;. The van der Waals surface area contributed by atoms with Gasteiger partial charge in [0, 0.05) is 29.8 Å². The van der Waals surface area contributed by atoms with Gasteiger partial charge in [0.2, 0.25) is 5.89 Å². The SMILES string of the molecule is CCc1nc([C@H]2CC[C@H](c3nnc4n3-c3ccc(Cl)cc3CNC4)CC2)no1.Cl. The summed E-state index contributed by atoms with van der Waals surface area (Å²) in [6.45, 7) is 3.52. The highest BCUT2D eigenvalue weighted by Gasteiger charge is 2.31. The molecule has 0 saturated heterocycles. The highest BCUT2D eigenvalue weighted by atomic mass is 35.5. The van der Waals surface area contributed by atoms with E-state index in [-0.39, 0.29) is 12.4 Å². The fourth-order valence-corrected chi connectivity index (χ4v) is 4.58. The number of hydrogen-bond donors (Lipinski definition) is 1. The molecule has 0 atom stereocenters. The van der Waals surface area contributed by atoms with Gasteiger partial charge in [-0.2, -0.15) is 4.98 Å². The number of fused-ring (bicyclic) bond motifs is 3. The van der Waals surface area contributed by atoms with Crippen molar-refractivity contribution in [1.82, 2.24) is 30.2 Å². The largest absolute Gasteiger partial charge is 0.339 e. The zero-order chi connectivity index (χ0) is 19.1. The first-order chi connectivity index (χ1) is 13.7. The number of nitrogens with zero attached hydrogens (tertiary/aromatic N) is 5. The van der Waals surface area contributed by atoms with Crippen LogP contribution in [0.15, 0.2) is 22.7 Å². The number of nitrogens with one attached hydrogen (secondary N) is 1. The summed E-state index contributed by atoms with van der Waals surface area (Å²) in [5.74, 6) is 4.37. The second kappa shape index (κ2) is 8.42. The Labute approximate surface area is 180 Å². The number of benzene rings is 1. The highest BCUT2D eigenvalue weighted by molar-refractivity contribution is 6.30. The third-order valence-electron chi connectivity index (χ3n) is 5.88. The van der Waals surface area contributed by atoms with Gasteiger partial charge in [-0.3, -0.25) is 4.57 Å². The lowest BCUT2D eigenvalue weighted by Crippen LogP contribution is -2.17. The molecular weight excluding hydrogens is 411 g/mol. The zero-order valence-electron chi connectivity index (χ0n) is 16.3. The van der Waals surface area contributed by atoms with E-state index in [2.05, 4.69) is 36.3 Å². The third-order valence-corrected chi connectivity index (χ3v) is 6.11. The van der Waals surface area contributed by atoms with Gasteiger partial charge in [0.1, 0.15) is 5.82 Å². The van der Waals surface area contributed by atoms with Crippen LogP contribution in [-0.2, 0) is 19.5 Å². The molecule has 5 rings (SSSR count). The van der Waals surface area contributed by atoms with Crippen molar-refractivity contribution in [3.05, 3.63) is 52.1 Å². The third kappa shape index (κ3) is 3.79. The van der Waals surface area contributed by atoms with Crippen LogP contribution >= 0.6 is 24.0 Å². The van der Waals surface area contributed by atoms with E-state index < -0.39 is 0 Å². The minimum Gasteiger partial charge on any atom is -0.339 e. The van der Waals surface area contributed by atoms with Gasteiger partial charge in [0.05, 0.1) is 12.2 Å². The number of aryl methyl sites for hydroxylation is 1. The van der Waals surface area contributed by atoms with Crippen molar-refractivity contribution < 1.29 is 4.52 Å².